The molecular formula is C15H31N3O. The summed E-state index contributed by atoms with van der Waals surface area (Å²) in [5.74, 6) is 0.171. The fraction of sp³-hybridized carbons (Fsp3) is 0.933. The SMILES string of the molecule is CCC(C)NC(=O)C(C)N1CCCCC1C(C)NC. The number of carbonyl (C=O) groups excluding carboxylic acids is 1. The van der Waals surface area contributed by atoms with Gasteiger partial charge in [-0.15, -0.1) is 0 Å². The van der Waals surface area contributed by atoms with Crippen molar-refractivity contribution in [3.05, 3.63) is 0 Å². The van der Waals surface area contributed by atoms with Crippen molar-refractivity contribution < 1.29 is 4.79 Å². The van der Waals surface area contributed by atoms with Gasteiger partial charge in [-0.2, -0.15) is 0 Å². The predicted octanol–water partition coefficient (Wildman–Crippen LogP) is 1.75. The molecule has 0 spiro atoms. The van der Waals surface area contributed by atoms with E-state index in [1.807, 2.05) is 14.0 Å². The number of rotatable bonds is 6. The summed E-state index contributed by atoms with van der Waals surface area (Å²) in [5.41, 5.74) is 0. The van der Waals surface area contributed by atoms with Gasteiger partial charge in [0.25, 0.3) is 0 Å². The van der Waals surface area contributed by atoms with Gasteiger partial charge in [0.05, 0.1) is 6.04 Å². The number of nitrogens with zero attached hydrogens (tertiary/aromatic N) is 1. The first-order chi connectivity index (χ1) is 9.01. The Morgan fingerprint density at radius 2 is 2.00 bits per heavy atom. The highest BCUT2D eigenvalue weighted by molar-refractivity contribution is 5.81. The van der Waals surface area contributed by atoms with Crippen molar-refractivity contribution in [1.82, 2.24) is 15.5 Å². The van der Waals surface area contributed by atoms with Crippen LogP contribution in [-0.4, -0.2) is 48.6 Å². The molecule has 1 fully saturated rings. The van der Waals surface area contributed by atoms with E-state index in [2.05, 4.69) is 36.3 Å². The van der Waals surface area contributed by atoms with Crippen molar-refractivity contribution in [2.75, 3.05) is 13.6 Å². The number of amides is 1. The number of hydrogen-bond donors (Lipinski definition) is 2. The van der Waals surface area contributed by atoms with Gasteiger partial charge in [-0.05, 0) is 53.6 Å². The van der Waals surface area contributed by atoms with Gasteiger partial charge < -0.3 is 10.6 Å². The van der Waals surface area contributed by atoms with Gasteiger partial charge in [0.1, 0.15) is 0 Å². The van der Waals surface area contributed by atoms with Gasteiger partial charge >= 0.3 is 0 Å². The van der Waals surface area contributed by atoms with E-state index in [1.54, 1.807) is 0 Å². The lowest BCUT2D eigenvalue weighted by atomic mass is 9.94. The second kappa shape index (κ2) is 7.85. The summed E-state index contributed by atoms with van der Waals surface area (Å²) in [5, 5.41) is 6.44. The molecule has 0 bridgehead atoms. The van der Waals surface area contributed by atoms with E-state index in [-0.39, 0.29) is 18.0 Å². The van der Waals surface area contributed by atoms with Crippen LogP contribution in [-0.2, 0) is 4.79 Å². The smallest absolute Gasteiger partial charge is 0.237 e. The van der Waals surface area contributed by atoms with Gasteiger partial charge in [-0.3, -0.25) is 9.69 Å². The molecule has 1 rings (SSSR count). The van der Waals surface area contributed by atoms with Crippen molar-refractivity contribution in [1.29, 1.82) is 0 Å². The monoisotopic (exact) mass is 269 g/mol. The molecular weight excluding hydrogens is 238 g/mol. The van der Waals surface area contributed by atoms with Crippen LogP contribution < -0.4 is 10.6 Å². The first-order valence-corrected chi connectivity index (χ1v) is 7.74. The zero-order valence-electron chi connectivity index (χ0n) is 13.2. The third kappa shape index (κ3) is 4.46. The molecule has 0 aromatic carbocycles. The largest absolute Gasteiger partial charge is 0.352 e. The molecule has 19 heavy (non-hydrogen) atoms. The Kier molecular flexibility index (Phi) is 6.80. The fourth-order valence-corrected chi connectivity index (χ4v) is 2.81. The fourth-order valence-electron chi connectivity index (χ4n) is 2.81. The maximum atomic E-state index is 12.3. The lowest BCUT2D eigenvalue weighted by Crippen LogP contribution is -2.57. The molecule has 0 aliphatic carbocycles. The highest BCUT2D eigenvalue weighted by atomic mass is 16.2. The molecule has 4 atom stereocenters. The highest BCUT2D eigenvalue weighted by Gasteiger charge is 2.32. The molecule has 112 valence electrons. The number of nitrogens with one attached hydrogen (secondary N) is 2. The van der Waals surface area contributed by atoms with Crippen LogP contribution >= 0.6 is 0 Å². The van der Waals surface area contributed by atoms with E-state index in [9.17, 15) is 4.79 Å². The lowest BCUT2D eigenvalue weighted by Gasteiger charge is -2.42. The van der Waals surface area contributed by atoms with Crippen LogP contribution in [0.3, 0.4) is 0 Å². The maximum absolute atomic E-state index is 12.3. The zero-order valence-corrected chi connectivity index (χ0v) is 13.2. The molecule has 0 radical (unpaired) electrons. The van der Waals surface area contributed by atoms with Gasteiger partial charge in [0.2, 0.25) is 5.91 Å². The summed E-state index contributed by atoms with van der Waals surface area (Å²) in [6.07, 6.45) is 4.64. The van der Waals surface area contributed by atoms with Gasteiger partial charge in [0.15, 0.2) is 0 Å². The van der Waals surface area contributed by atoms with Crippen LogP contribution in [0.5, 0.6) is 0 Å². The molecule has 1 saturated heterocycles. The third-order valence-electron chi connectivity index (χ3n) is 4.50. The quantitative estimate of drug-likeness (QED) is 0.772. The lowest BCUT2D eigenvalue weighted by molar-refractivity contribution is -0.128. The van der Waals surface area contributed by atoms with Crippen LogP contribution in [0, 0.1) is 0 Å². The van der Waals surface area contributed by atoms with Gasteiger partial charge in [-0.25, -0.2) is 0 Å². The first-order valence-electron chi connectivity index (χ1n) is 7.74. The number of carbonyl (C=O) groups is 1. The summed E-state index contributed by atoms with van der Waals surface area (Å²) in [7, 11) is 2.00. The Balaban J connectivity index is 2.65. The van der Waals surface area contributed by atoms with E-state index in [0.717, 1.165) is 13.0 Å². The standard InChI is InChI=1S/C15H31N3O/c1-6-11(2)17-15(19)13(4)18-10-8-7-9-14(18)12(3)16-5/h11-14,16H,6-10H2,1-5H3,(H,17,19). The summed E-state index contributed by atoms with van der Waals surface area (Å²) in [6.45, 7) is 9.45. The highest BCUT2D eigenvalue weighted by Crippen LogP contribution is 2.22. The molecule has 1 aliphatic rings. The molecule has 1 amide bonds. The summed E-state index contributed by atoms with van der Waals surface area (Å²) in [6, 6.07) is 1.13. The predicted molar refractivity (Wildman–Crippen MR) is 80.2 cm³/mol. The van der Waals surface area contributed by atoms with Gasteiger partial charge in [0, 0.05) is 18.1 Å². The van der Waals surface area contributed by atoms with Crippen LogP contribution in [0.4, 0.5) is 0 Å². The van der Waals surface area contributed by atoms with E-state index in [1.165, 1.54) is 19.3 Å². The summed E-state index contributed by atoms with van der Waals surface area (Å²) >= 11 is 0. The Bertz CT molecular complexity index is 283. The number of likely N-dealkylation sites (tertiary alicyclic amines) is 1. The van der Waals surface area contributed by atoms with Crippen molar-refractivity contribution in [2.24, 2.45) is 0 Å². The molecule has 0 aromatic rings. The van der Waals surface area contributed by atoms with Crippen molar-refractivity contribution in [2.45, 2.75) is 77.5 Å². The van der Waals surface area contributed by atoms with Gasteiger partial charge in [-0.1, -0.05) is 13.3 Å². The topological polar surface area (TPSA) is 44.4 Å². The minimum absolute atomic E-state index is 0.0323. The molecule has 4 heteroatoms. The molecule has 1 heterocycles. The molecule has 0 saturated carbocycles. The molecule has 1 aliphatic heterocycles. The maximum Gasteiger partial charge on any atom is 0.237 e. The van der Waals surface area contributed by atoms with Crippen molar-refractivity contribution in [3.63, 3.8) is 0 Å². The number of hydrogen-bond acceptors (Lipinski definition) is 3. The average Bonchev–Trinajstić information content (AvgIpc) is 2.45. The van der Waals surface area contributed by atoms with Crippen LogP contribution in [0.15, 0.2) is 0 Å². The Labute approximate surface area is 118 Å². The second-order valence-electron chi connectivity index (χ2n) is 5.87. The second-order valence-corrected chi connectivity index (χ2v) is 5.87. The minimum Gasteiger partial charge on any atom is -0.352 e. The van der Waals surface area contributed by atoms with E-state index in [4.69, 9.17) is 0 Å². The number of piperidine rings is 1. The Hall–Kier alpha value is -0.610. The molecule has 2 N–H and O–H groups in total. The summed E-state index contributed by atoms with van der Waals surface area (Å²) in [4.78, 5) is 14.7. The Morgan fingerprint density at radius 3 is 2.58 bits per heavy atom. The minimum atomic E-state index is -0.0323. The molecule has 4 nitrogen and oxygen atoms in total. The van der Waals surface area contributed by atoms with Crippen molar-refractivity contribution >= 4 is 5.91 Å². The van der Waals surface area contributed by atoms with Crippen LogP contribution in [0.2, 0.25) is 0 Å². The summed E-state index contributed by atoms with van der Waals surface area (Å²) < 4.78 is 0. The third-order valence-corrected chi connectivity index (χ3v) is 4.50. The van der Waals surface area contributed by atoms with Crippen molar-refractivity contribution in [3.8, 4) is 0 Å². The molecule has 4 unspecified atom stereocenters. The van der Waals surface area contributed by atoms with Crippen LogP contribution in [0.1, 0.15) is 53.4 Å². The normalized spacial score (nSPS) is 25.6. The average molecular weight is 269 g/mol. The van der Waals surface area contributed by atoms with E-state index >= 15 is 0 Å². The Morgan fingerprint density at radius 1 is 1.32 bits per heavy atom. The van der Waals surface area contributed by atoms with E-state index in [0.29, 0.717) is 12.1 Å². The first kappa shape index (κ1) is 16.4. The van der Waals surface area contributed by atoms with E-state index < -0.39 is 0 Å². The van der Waals surface area contributed by atoms with Crippen LogP contribution in [0.25, 0.3) is 0 Å². The number of likely N-dealkylation sites (N-methyl/N-ethyl adjacent to an activating group) is 1. The molecule has 0 aromatic heterocycles. The zero-order chi connectivity index (χ0) is 14.4.